The number of hydrogen-bond donors (Lipinski definition) is 1. The first kappa shape index (κ1) is 25.7. The zero-order valence-electron chi connectivity index (χ0n) is 23.7. The van der Waals surface area contributed by atoms with Gasteiger partial charge in [-0.3, -0.25) is 0 Å². The van der Waals surface area contributed by atoms with Crippen molar-refractivity contribution in [3.63, 3.8) is 0 Å². The Hall–Kier alpha value is -4.56. The molecule has 0 unspecified atom stereocenters. The van der Waals surface area contributed by atoms with E-state index in [9.17, 15) is 0 Å². The average molecular weight is 521 g/mol. The van der Waals surface area contributed by atoms with Gasteiger partial charge in [0.2, 0.25) is 0 Å². The minimum Gasteiger partial charge on any atom is -0.358 e. The molecule has 1 aromatic heterocycles. The molecule has 0 atom stereocenters. The highest BCUT2D eigenvalue weighted by Gasteiger charge is 2.21. The molecule has 0 fully saturated rings. The van der Waals surface area contributed by atoms with Crippen molar-refractivity contribution in [2.75, 3.05) is 5.32 Å². The number of hydrogen-bond acceptors (Lipinski definition) is 1. The van der Waals surface area contributed by atoms with Crippen LogP contribution in [-0.4, -0.2) is 4.57 Å². The van der Waals surface area contributed by atoms with Crippen LogP contribution in [0.3, 0.4) is 0 Å². The molecule has 0 spiro atoms. The SMILES string of the molecule is C=C(/C=C\C=C/C)C1=C(Nc2cccc(C)c2)CCC(c2ccc3c4c(n(-c5cccc(C)c5)c3c2)C=CC4)=C1. The second-order valence-electron chi connectivity index (χ2n) is 10.8. The van der Waals surface area contributed by atoms with Gasteiger partial charge < -0.3 is 9.88 Å². The lowest BCUT2D eigenvalue weighted by Crippen LogP contribution is -2.09. The lowest BCUT2D eigenvalue weighted by molar-refractivity contribution is 0.965. The summed E-state index contributed by atoms with van der Waals surface area (Å²) in [4.78, 5) is 0. The Bertz CT molecular complexity index is 1780. The van der Waals surface area contributed by atoms with E-state index >= 15 is 0 Å². The third-order valence-corrected chi connectivity index (χ3v) is 7.89. The molecule has 0 amide bonds. The Balaban J connectivity index is 1.45. The van der Waals surface area contributed by atoms with E-state index in [1.807, 2.05) is 19.1 Å². The topological polar surface area (TPSA) is 17.0 Å². The van der Waals surface area contributed by atoms with Gasteiger partial charge in [-0.25, -0.2) is 0 Å². The number of aromatic nitrogens is 1. The summed E-state index contributed by atoms with van der Waals surface area (Å²) in [7, 11) is 0. The lowest BCUT2D eigenvalue weighted by atomic mass is 9.88. The quantitative estimate of drug-likeness (QED) is 0.240. The van der Waals surface area contributed by atoms with E-state index in [1.54, 1.807) is 0 Å². The van der Waals surface area contributed by atoms with Crippen LogP contribution in [0.25, 0.3) is 28.2 Å². The van der Waals surface area contributed by atoms with E-state index in [-0.39, 0.29) is 0 Å². The fourth-order valence-electron chi connectivity index (χ4n) is 5.94. The number of nitrogens with zero attached hydrogens (tertiary/aromatic N) is 1. The summed E-state index contributed by atoms with van der Waals surface area (Å²) in [6.07, 6.45) is 18.1. The molecular formula is C38H36N2. The van der Waals surface area contributed by atoms with Crippen molar-refractivity contribution in [3.05, 3.63) is 155 Å². The van der Waals surface area contributed by atoms with Crippen molar-refractivity contribution < 1.29 is 0 Å². The molecule has 2 nitrogen and oxygen atoms in total. The molecule has 4 aromatic rings. The smallest absolute Gasteiger partial charge is 0.0543 e. The molecule has 0 saturated carbocycles. The predicted octanol–water partition coefficient (Wildman–Crippen LogP) is 10.0. The number of anilines is 1. The van der Waals surface area contributed by atoms with E-state index in [1.165, 1.54) is 61.4 Å². The predicted molar refractivity (Wildman–Crippen MR) is 173 cm³/mol. The summed E-state index contributed by atoms with van der Waals surface area (Å²) < 4.78 is 2.44. The summed E-state index contributed by atoms with van der Waals surface area (Å²) in [5, 5.41) is 5.06. The Labute approximate surface area is 238 Å². The van der Waals surface area contributed by atoms with Gasteiger partial charge in [0.15, 0.2) is 0 Å². The van der Waals surface area contributed by atoms with Gasteiger partial charge in [0.25, 0.3) is 0 Å². The maximum atomic E-state index is 4.46. The fourth-order valence-corrected chi connectivity index (χ4v) is 5.94. The molecule has 1 N–H and O–H groups in total. The minimum atomic E-state index is 0.932. The van der Waals surface area contributed by atoms with Crippen molar-refractivity contribution in [3.8, 4) is 5.69 Å². The monoisotopic (exact) mass is 520 g/mol. The number of allylic oxidation sites excluding steroid dienone is 10. The van der Waals surface area contributed by atoms with Gasteiger partial charge in [-0.2, -0.15) is 0 Å². The van der Waals surface area contributed by atoms with Gasteiger partial charge in [-0.05, 0) is 116 Å². The first-order valence-electron chi connectivity index (χ1n) is 14.2. The molecular weight excluding hydrogens is 484 g/mol. The standard InChI is InChI=1S/C38H36N2/c1-5-6-7-13-28(4)35-24-29(19-21-36(35)39-31-14-8-11-26(2)22-31)30-18-20-34-33-16-10-17-37(33)40(38(34)25-30)32-15-9-12-27(3)23-32/h5-15,17-18,20,22-25,39H,4,16,19,21H2,1-3H3/b6-5-,13-7-. The molecule has 198 valence electrons. The van der Waals surface area contributed by atoms with Crippen LogP contribution >= 0.6 is 0 Å². The number of aryl methyl sites for hydroxylation is 2. The van der Waals surface area contributed by atoms with E-state index in [0.717, 1.165) is 30.5 Å². The van der Waals surface area contributed by atoms with Gasteiger partial charge >= 0.3 is 0 Å². The van der Waals surface area contributed by atoms with Gasteiger partial charge in [0, 0.05) is 28.0 Å². The van der Waals surface area contributed by atoms with Crippen molar-refractivity contribution in [1.29, 1.82) is 0 Å². The first-order chi connectivity index (χ1) is 19.5. The summed E-state index contributed by atoms with van der Waals surface area (Å²) in [5.74, 6) is 0. The van der Waals surface area contributed by atoms with Crippen LogP contribution < -0.4 is 5.32 Å². The molecule has 0 saturated heterocycles. The number of rotatable bonds is 7. The van der Waals surface area contributed by atoms with Gasteiger partial charge in [0.1, 0.15) is 0 Å². The van der Waals surface area contributed by atoms with E-state index in [0.29, 0.717) is 0 Å². The van der Waals surface area contributed by atoms with Crippen molar-refractivity contribution in [2.24, 2.45) is 0 Å². The Morgan fingerprint density at radius 3 is 2.55 bits per heavy atom. The van der Waals surface area contributed by atoms with Gasteiger partial charge in [-0.1, -0.05) is 73.4 Å². The average Bonchev–Trinajstić information content (AvgIpc) is 3.54. The molecule has 3 aromatic carbocycles. The minimum absolute atomic E-state index is 0.932. The zero-order chi connectivity index (χ0) is 27.6. The molecule has 2 heteroatoms. The van der Waals surface area contributed by atoms with Crippen LogP contribution in [0.15, 0.2) is 127 Å². The van der Waals surface area contributed by atoms with Crippen LogP contribution in [0.4, 0.5) is 5.69 Å². The largest absolute Gasteiger partial charge is 0.358 e. The van der Waals surface area contributed by atoms with Crippen LogP contribution in [0.5, 0.6) is 0 Å². The Kier molecular flexibility index (Phi) is 7.00. The van der Waals surface area contributed by atoms with Gasteiger partial charge in [-0.15, -0.1) is 0 Å². The molecule has 40 heavy (non-hydrogen) atoms. The maximum absolute atomic E-state index is 4.46. The second-order valence-corrected chi connectivity index (χ2v) is 10.8. The highest BCUT2D eigenvalue weighted by molar-refractivity contribution is 5.94. The van der Waals surface area contributed by atoms with Crippen molar-refractivity contribution >= 4 is 28.2 Å². The maximum Gasteiger partial charge on any atom is 0.0543 e. The van der Waals surface area contributed by atoms with Crippen molar-refractivity contribution in [2.45, 2.75) is 40.0 Å². The molecule has 0 aliphatic heterocycles. The summed E-state index contributed by atoms with van der Waals surface area (Å²) in [6.45, 7) is 10.8. The van der Waals surface area contributed by atoms with Crippen LogP contribution in [0.1, 0.15) is 47.7 Å². The molecule has 0 radical (unpaired) electrons. The van der Waals surface area contributed by atoms with Crippen molar-refractivity contribution in [1.82, 2.24) is 4.57 Å². The third-order valence-electron chi connectivity index (χ3n) is 7.89. The van der Waals surface area contributed by atoms with E-state index < -0.39 is 0 Å². The lowest BCUT2D eigenvalue weighted by Gasteiger charge is -2.23. The Morgan fingerprint density at radius 2 is 1.75 bits per heavy atom. The molecule has 0 bridgehead atoms. The zero-order valence-corrected chi connectivity index (χ0v) is 23.7. The molecule has 1 heterocycles. The highest BCUT2D eigenvalue weighted by Crippen LogP contribution is 2.39. The van der Waals surface area contributed by atoms with Crippen LogP contribution in [0.2, 0.25) is 0 Å². The first-order valence-corrected chi connectivity index (χ1v) is 14.2. The summed E-state index contributed by atoms with van der Waals surface area (Å²) >= 11 is 0. The highest BCUT2D eigenvalue weighted by atomic mass is 15.0. The van der Waals surface area contributed by atoms with Gasteiger partial charge in [0.05, 0.1) is 11.2 Å². The number of fused-ring (bicyclic) bond motifs is 3. The normalized spacial score (nSPS) is 14.9. The summed E-state index contributed by atoms with van der Waals surface area (Å²) in [6, 6.07) is 24.4. The number of nitrogens with one attached hydrogen (secondary N) is 1. The Morgan fingerprint density at radius 1 is 0.925 bits per heavy atom. The fraction of sp³-hybridized carbons (Fsp3) is 0.158. The van der Waals surface area contributed by atoms with E-state index in [2.05, 4.69) is 127 Å². The molecule has 2 aliphatic rings. The van der Waals surface area contributed by atoms with Crippen LogP contribution in [0, 0.1) is 13.8 Å². The summed E-state index contributed by atoms with van der Waals surface area (Å²) in [5.41, 5.74) is 14.9. The second kappa shape index (κ2) is 10.9. The number of benzene rings is 3. The third kappa shape index (κ3) is 4.94. The van der Waals surface area contributed by atoms with E-state index in [4.69, 9.17) is 0 Å². The molecule has 6 rings (SSSR count). The van der Waals surface area contributed by atoms with Crippen LogP contribution in [-0.2, 0) is 6.42 Å². The molecule has 2 aliphatic carbocycles.